The van der Waals surface area contributed by atoms with E-state index in [1.54, 1.807) is 18.5 Å². The zero-order chi connectivity index (χ0) is 24.3. The fourth-order valence-electron chi connectivity index (χ4n) is 3.46. The first-order valence-corrected chi connectivity index (χ1v) is 11.8. The van der Waals surface area contributed by atoms with Crippen molar-refractivity contribution in [1.82, 2.24) is 9.78 Å². The zero-order valence-corrected chi connectivity index (χ0v) is 19.3. The van der Waals surface area contributed by atoms with Gasteiger partial charge in [0.25, 0.3) is 15.7 Å². The lowest BCUT2D eigenvalue weighted by molar-refractivity contribution is -0.385. The van der Waals surface area contributed by atoms with E-state index < -0.39 is 14.9 Å². The number of aryl methyl sites for hydroxylation is 1. The normalized spacial score (nSPS) is 11.2. The standard InChI is InChI=1S/C24H22N4O5S/c1-17-24(26-34(31,32)23-13-7-9-20(15-23)28(29)30)18(2)27(25-17)16-19-8-6-12-22(14-19)33-21-10-4-3-5-11-21/h3-15,26H,16H2,1-2H3. The quantitative estimate of drug-likeness (QED) is 0.280. The van der Waals surface area contributed by atoms with Gasteiger partial charge in [-0.2, -0.15) is 5.10 Å². The summed E-state index contributed by atoms with van der Waals surface area (Å²) in [5.74, 6) is 1.40. The second-order valence-corrected chi connectivity index (χ2v) is 9.31. The molecule has 0 spiro atoms. The molecule has 10 heteroatoms. The van der Waals surface area contributed by atoms with Gasteiger partial charge in [-0.25, -0.2) is 8.42 Å². The first kappa shape index (κ1) is 23.0. The number of benzene rings is 3. The van der Waals surface area contributed by atoms with Crippen LogP contribution in [0.5, 0.6) is 11.5 Å². The lowest BCUT2D eigenvalue weighted by Crippen LogP contribution is -2.14. The van der Waals surface area contributed by atoms with Crippen LogP contribution in [-0.2, 0) is 16.6 Å². The molecule has 0 aliphatic rings. The number of aromatic nitrogens is 2. The van der Waals surface area contributed by atoms with E-state index >= 15 is 0 Å². The van der Waals surface area contributed by atoms with Crippen molar-refractivity contribution in [3.63, 3.8) is 0 Å². The Labute approximate surface area is 196 Å². The summed E-state index contributed by atoms with van der Waals surface area (Å²) in [6, 6.07) is 21.9. The molecule has 4 aromatic rings. The molecule has 0 amide bonds. The number of non-ortho nitro benzene ring substituents is 1. The minimum atomic E-state index is -4.04. The third kappa shape index (κ3) is 5.07. The first-order chi connectivity index (χ1) is 16.2. The summed E-state index contributed by atoms with van der Waals surface area (Å²) < 4.78 is 35.9. The molecule has 1 aromatic heterocycles. The van der Waals surface area contributed by atoms with E-state index in [0.29, 0.717) is 29.4 Å². The molecule has 3 aromatic carbocycles. The van der Waals surface area contributed by atoms with E-state index in [4.69, 9.17) is 4.74 Å². The Hall–Kier alpha value is -4.18. The molecule has 0 aliphatic carbocycles. The number of rotatable bonds is 8. The molecular weight excluding hydrogens is 456 g/mol. The summed E-state index contributed by atoms with van der Waals surface area (Å²) in [6.07, 6.45) is 0. The van der Waals surface area contributed by atoms with Gasteiger partial charge in [0.15, 0.2) is 0 Å². The molecule has 0 atom stereocenters. The number of anilines is 1. The van der Waals surface area contributed by atoms with E-state index in [1.807, 2.05) is 54.6 Å². The molecule has 4 rings (SSSR count). The predicted octanol–water partition coefficient (Wildman–Crippen LogP) is 5.05. The first-order valence-electron chi connectivity index (χ1n) is 10.4. The highest BCUT2D eigenvalue weighted by molar-refractivity contribution is 7.92. The van der Waals surface area contributed by atoms with E-state index in [9.17, 15) is 18.5 Å². The predicted molar refractivity (Wildman–Crippen MR) is 128 cm³/mol. The summed E-state index contributed by atoms with van der Waals surface area (Å²) in [5.41, 5.74) is 2.06. The molecule has 34 heavy (non-hydrogen) atoms. The molecule has 9 nitrogen and oxygen atoms in total. The number of hydrogen-bond acceptors (Lipinski definition) is 6. The van der Waals surface area contributed by atoms with Gasteiger partial charge >= 0.3 is 0 Å². The van der Waals surface area contributed by atoms with Gasteiger partial charge in [0.05, 0.1) is 33.4 Å². The molecule has 0 bridgehead atoms. The zero-order valence-electron chi connectivity index (χ0n) is 18.5. The van der Waals surface area contributed by atoms with Gasteiger partial charge in [-0.05, 0) is 49.7 Å². The van der Waals surface area contributed by atoms with E-state index in [2.05, 4.69) is 9.82 Å². The van der Waals surface area contributed by atoms with Crippen molar-refractivity contribution in [3.8, 4) is 11.5 Å². The Morgan fingerprint density at radius 1 is 0.971 bits per heavy atom. The summed E-state index contributed by atoms with van der Waals surface area (Å²) in [4.78, 5) is 10.2. The monoisotopic (exact) mass is 478 g/mol. The van der Waals surface area contributed by atoms with Gasteiger partial charge in [-0.15, -0.1) is 0 Å². The van der Waals surface area contributed by atoms with Crippen LogP contribution in [0.25, 0.3) is 0 Å². The van der Waals surface area contributed by atoms with Gasteiger partial charge in [0.2, 0.25) is 0 Å². The van der Waals surface area contributed by atoms with Crippen molar-refractivity contribution in [2.75, 3.05) is 4.72 Å². The summed E-state index contributed by atoms with van der Waals surface area (Å²) in [5, 5.41) is 15.5. The molecule has 0 saturated carbocycles. The van der Waals surface area contributed by atoms with Crippen LogP contribution in [0.3, 0.4) is 0 Å². The number of hydrogen-bond donors (Lipinski definition) is 1. The van der Waals surface area contributed by atoms with Crippen LogP contribution in [0, 0.1) is 24.0 Å². The highest BCUT2D eigenvalue weighted by atomic mass is 32.2. The lowest BCUT2D eigenvalue weighted by atomic mass is 10.2. The van der Waals surface area contributed by atoms with Crippen molar-refractivity contribution in [2.24, 2.45) is 0 Å². The largest absolute Gasteiger partial charge is 0.457 e. The Bertz CT molecular complexity index is 1450. The number of para-hydroxylation sites is 1. The molecule has 0 saturated heterocycles. The van der Waals surface area contributed by atoms with Gasteiger partial charge < -0.3 is 4.74 Å². The van der Waals surface area contributed by atoms with Crippen molar-refractivity contribution in [3.05, 3.63) is 106 Å². The number of nitrogens with one attached hydrogen (secondary N) is 1. The van der Waals surface area contributed by atoms with Crippen LogP contribution in [0.2, 0.25) is 0 Å². The van der Waals surface area contributed by atoms with Crippen LogP contribution in [-0.4, -0.2) is 23.1 Å². The number of ether oxygens (including phenoxy) is 1. The third-order valence-electron chi connectivity index (χ3n) is 5.17. The van der Waals surface area contributed by atoms with Crippen molar-refractivity contribution in [1.29, 1.82) is 0 Å². The topological polar surface area (TPSA) is 116 Å². The van der Waals surface area contributed by atoms with Crippen molar-refractivity contribution in [2.45, 2.75) is 25.3 Å². The Kier molecular flexibility index (Phi) is 6.33. The summed E-state index contributed by atoms with van der Waals surface area (Å²) in [6.45, 7) is 3.86. The smallest absolute Gasteiger partial charge is 0.270 e. The van der Waals surface area contributed by atoms with Crippen LogP contribution < -0.4 is 9.46 Å². The fourth-order valence-corrected chi connectivity index (χ4v) is 4.68. The van der Waals surface area contributed by atoms with Crippen molar-refractivity contribution >= 4 is 21.4 Å². The maximum absolute atomic E-state index is 12.9. The SMILES string of the molecule is Cc1nn(Cc2cccc(Oc3ccccc3)c2)c(C)c1NS(=O)(=O)c1cccc([N+](=O)[O-])c1. The van der Waals surface area contributed by atoms with Crippen LogP contribution in [0.1, 0.15) is 17.0 Å². The number of sulfonamides is 1. The third-order valence-corrected chi connectivity index (χ3v) is 6.51. The Morgan fingerprint density at radius 2 is 1.68 bits per heavy atom. The summed E-state index contributed by atoms with van der Waals surface area (Å²) in [7, 11) is -4.04. The van der Waals surface area contributed by atoms with Gasteiger partial charge in [-0.1, -0.05) is 36.4 Å². The van der Waals surface area contributed by atoms with E-state index in [-0.39, 0.29) is 10.6 Å². The second-order valence-electron chi connectivity index (χ2n) is 7.63. The van der Waals surface area contributed by atoms with Crippen molar-refractivity contribution < 1.29 is 18.1 Å². The molecule has 1 heterocycles. The Morgan fingerprint density at radius 3 is 2.41 bits per heavy atom. The Balaban J connectivity index is 1.56. The molecule has 0 unspecified atom stereocenters. The van der Waals surface area contributed by atoms with E-state index in [0.717, 1.165) is 17.4 Å². The summed E-state index contributed by atoms with van der Waals surface area (Å²) >= 11 is 0. The maximum atomic E-state index is 12.9. The highest BCUT2D eigenvalue weighted by Gasteiger charge is 2.22. The minimum absolute atomic E-state index is 0.195. The maximum Gasteiger partial charge on any atom is 0.270 e. The van der Waals surface area contributed by atoms with Gasteiger partial charge in [-0.3, -0.25) is 19.5 Å². The minimum Gasteiger partial charge on any atom is -0.457 e. The second kappa shape index (κ2) is 9.36. The van der Waals surface area contributed by atoms with Gasteiger partial charge in [0.1, 0.15) is 11.5 Å². The van der Waals surface area contributed by atoms with Crippen LogP contribution >= 0.6 is 0 Å². The molecule has 0 aliphatic heterocycles. The molecule has 0 fully saturated rings. The van der Waals surface area contributed by atoms with E-state index in [1.165, 1.54) is 18.2 Å². The molecule has 1 N–H and O–H groups in total. The highest BCUT2D eigenvalue weighted by Crippen LogP contribution is 2.27. The van der Waals surface area contributed by atoms with Crippen LogP contribution in [0.4, 0.5) is 11.4 Å². The molecule has 174 valence electrons. The van der Waals surface area contributed by atoms with Crippen LogP contribution in [0.15, 0.2) is 83.8 Å². The number of nitro groups is 1. The lowest BCUT2D eigenvalue weighted by Gasteiger charge is -2.10. The molecule has 0 radical (unpaired) electrons. The van der Waals surface area contributed by atoms with Gasteiger partial charge in [0, 0.05) is 12.1 Å². The number of nitro benzene ring substituents is 1. The average molecular weight is 479 g/mol. The molecular formula is C24H22N4O5S. The average Bonchev–Trinajstić information content (AvgIpc) is 3.07. The fraction of sp³-hybridized carbons (Fsp3) is 0.125. The number of nitrogens with zero attached hydrogens (tertiary/aromatic N) is 3.